The number of ether oxygens (including phenoxy) is 2. The quantitative estimate of drug-likeness (QED) is 0.687. The number of carbonyl (C=O) groups excluding carboxylic acids is 1. The smallest absolute Gasteiger partial charge is 0.406 e. The predicted molar refractivity (Wildman–Crippen MR) is 98.3 cm³/mol. The van der Waals surface area contributed by atoms with Crippen LogP contribution in [0.1, 0.15) is 28.8 Å². The van der Waals surface area contributed by atoms with Gasteiger partial charge in [0.15, 0.2) is 0 Å². The van der Waals surface area contributed by atoms with Crippen LogP contribution in [-0.2, 0) is 11.3 Å². The highest BCUT2D eigenvalue weighted by Crippen LogP contribution is 2.24. The van der Waals surface area contributed by atoms with Crippen LogP contribution < -0.4 is 4.74 Å². The molecule has 2 aromatic rings. The molecule has 1 aliphatic rings. The van der Waals surface area contributed by atoms with Crippen LogP contribution in [0.5, 0.6) is 5.75 Å². The van der Waals surface area contributed by atoms with E-state index in [2.05, 4.69) is 4.74 Å². The predicted octanol–water partition coefficient (Wildman–Crippen LogP) is 5.06. The van der Waals surface area contributed by atoms with Crippen molar-refractivity contribution in [3.63, 3.8) is 0 Å². The first-order valence-corrected chi connectivity index (χ1v) is 9.20. The normalized spacial score (nSPS) is 17.4. The van der Waals surface area contributed by atoms with Crippen molar-refractivity contribution in [1.29, 1.82) is 0 Å². The third-order valence-electron chi connectivity index (χ3n) is 4.41. The fourth-order valence-electron chi connectivity index (χ4n) is 3.07. The van der Waals surface area contributed by atoms with E-state index in [9.17, 15) is 18.0 Å². The third-order valence-corrected chi connectivity index (χ3v) is 4.74. The van der Waals surface area contributed by atoms with Crippen molar-refractivity contribution in [3.8, 4) is 5.75 Å². The van der Waals surface area contributed by atoms with Gasteiger partial charge in [0.05, 0.1) is 23.3 Å². The highest BCUT2D eigenvalue weighted by Gasteiger charge is 2.31. The molecule has 1 fully saturated rings. The lowest BCUT2D eigenvalue weighted by molar-refractivity contribution is -0.274. The minimum Gasteiger partial charge on any atom is -0.406 e. The van der Waals surface area contributed by atoms with E-state index >= 15 is 0 Å². The molecule has 150 valence electrons. The molecule has 4 nitrogen and oxygen atoms in total. The van der Waals surface area contributed by atoms with E-state index in [-0.39, 0.29) is 24.4 Å². The van der Waals surface area contributed by atoms with Gasteiger partial charge in [0.1, 0.15) is 5.75 Å². The average Bonchev–Trinajstić information content (AvgIpc) is 2.66. The molecule has 0 N–H and O–H groups in total. The molecule has 0 radical (unpaired) electrons. The van der Waals surface area contributed by atoms with Gasteiger partial charge in [-0.15, -0.1) is 13.2 Å². The van der Waals surface area contributed by atoms with Gasteiger partial charge in [-0.3, -0.25) is 4.79 Å². The van der Waals surface area contributed by atoms with Gasteiger partial charge in [0.25, 0.3) is 5.91 Å². The van der Waals surface area contributed by atoms with Crippen molar-refractivity contribution in [2.45, 2.75) is 31.9 Å². The molecule has 1 saturated heterocycles. The van der Waals surface area contributed by atoms with E-state index < -0.39 is 6.36 Å². The molecule has 0 saturated carbocycles. The number of likely N-dealkylation sites (tertiary alicyclic amines) is 1. The number of carbonyl (C=O) groups is 1. The number of piperidine rings is 1. The van der Waals surface area contributed by atoms with E-state index in [1.165, 1.54) is 24.3 Å². The number of nitrogens with zero attached hydrogens (tertiary/aromatic N) is 1. The number of hydrogen-bond acceptors (Lipinski definition) is 3. The maximum Gasteiger partial charge on any atom is 0.573 e. The van der Waals surface area contributed by atoms with Gasteiger partial charge in [0, 0.05) is 13.1 Å². The lowest BCUT2D eigenvalue weighted by Crippen LogP contribution is -2.43. The van der Waals surface area contributed by atoms with Crippen LogP contribution in [0.15, 0.2) is 48.5 Å². The Morgan fingerprint density at radius 3 is 2.54 bits per heavy atom. The Hall–Kier alpha value is -2.25. The van der Waals surface area contributed by atoms with Crippen molar-refractivity contribution in [2.24, 2.45) is 0 Å². The molecule has 1 aliphatic heterocycles. The van der Waals surface area contributed by atoms with Gasteiger partial charge >= 0.3 is 6.36 Å². The highest BCUT2D eigenvalue weighted by atomic mass is 35.5. The summed E-state index contributed by atoms with van der Waals surface area (Å²) in [5.74, 6) is -0.405. The van der Waals surface area contributed by atoms with Crippen LogP contribution in [0, 0.1) is 0 Å². The van der Waals surface area contributed by atoms with Gasteiger partial charge < -0.3 is 14.4 Å². The number of rotatable bonds is 5. The Kier molecular flexibility index (Phi) is 6.46. The highest BCUT2D eigenvalue weighted by molar-refractivity contribution is 6.33. The summed E-state index contributed by atoms with van der Waals surface area (Å²) in [4.78, 5) is 14.4. The van der Waals surface area contributed by atoms with E-state index in [0.29, 0.717) is 23.7 Å². The maximum absolute atomic E-state index is 12.7. The second-order valence-corrected chi connectivity index (χ2v) is 6.91. The van der Waals surface area contributed by atoms with E-state index in [1.54, 1.807) is 29.2 Å². The molecule has 1 unspecified atom stereocenters. The molecule has 1 atom stereocenters. The van der Waals surface area contributed by atoms with Crippen LogP contribution in [0.2, 0.25) is 5.02 Å². The molecule has 1 heterocycles. The first-order chi connectivity index (χ1) is 13.3. The molecule has 0 aromatic heterocycles. The van der Waals surface area contributed by atoms with Crippen molar-refractivity contribution in [3.05, 3.63) is 64.7 Å². The zero-order valence-electron chi connectivity index (χ0n) is 14.9. The number of halogens is 4. The molecule has 0 bridgehead atoms. The van der Waals surface area contributed by atoms with Gasteiger partial charge in [-0.2, -0.15) is 0 Å². The van der Waals surface area contributed by atoms with Crippen LogP contribution in [-0.4, -0.2) is 36.4 Å². The van der Waals surface area contributed by atoms with Gasteiger partial charge in [0.2, 0.25) is 0 Å². The third kappa shape index (κ3) is 5.62. The first kappa shape index (κ1) is 20.5. The van der Waals surface area contributed by atoms with Crippen molar-refractivity contribution >= 4 is 17.5 Å². The van der Waals surface area contributed by atoms with E-state index in [0.717, 1.165) is 18.4 Å². The molecular weight excluding hydrogens is 395 g/mol. The van der Waals surface area contributed by atoms with Crippen molar-refractivity contribution < 1.29 is 27.4 Å². The van der Waals surface area contributed by atoms with Crippen molar-refractivity contribution in [1.82, 2.24) is 4.90 Å². The van der Waals surface area contributed by atoms with E-state index in [1.807, 2.05) is 0 Å². The molecule has 8 heteroatoms. The Morgan fingerprint density at radius 2 is 1.86 bits per heavy atom. The number of hydrogen-bond donors (Lipinski definition) is 0. The van der Waals surface area contributed by atoms with Crippen molar-refractivity contribution in [2.75, 3.05) is 13.1 Å². The number of benzene rings is 2. The topological polar surface area (TPSA) is 38.8 Å². The van der Waals surface area contributed by atoms with Crippen LogP contribution in [0.3, 0.4) is 0 Å². The standard InChI is InChI=1S/C20H19ClF3NO3/c21-18-6-2-1-5-17(18)19(26)25-11-3-4-16(12-25)27-13-14-7-9-15(10-8-14)28-20(22,23)24/h1-2,5-10,16H,3-4,11-13H2. The average molecular weight is 414 g/mol. The summed E-state index contributed by atoms with van der Waals surface area (Å²) >= 11 is 6.11. The summed E-state index contributed by atoms with van der Waals surface area (Å²) in [5.41, 5.74) is 1.19. The Labute approximate surface area is 165 Å². The van der Waals surface area contributed by atoms with Gasteiger partial charge in [-0.25, -0.2) is 0 Å². The number of amides is 1. The zero-order chi connectivity index (χ0) is 20.1. The van der Waals surface area contributed by atoms with Gasteiger partial charge in [-0.05, 0) is 42.7 Å². The van der Waals surface area contributed by atoms with Crippen LogP contribution >= 0.6 is 11.6 Å². The molecule has 1 amide bonds. The molecule has 28 heavy (non-hydrogen) atoms. The minimum absolute atomic E-state index is 0.132. The maximum atomic E-state index is 12.7. The lowest BCUT2D eigenvalue weighted by atomic mass is 10.1. The Morgan fingerprint density at radius 1 is 1.14 bits per heavy atom. The fourth-order valence-corrected chi connectivity index (χ4v) is 3.28. The monoisotopic (exact) mass is 413 g/mol. The second-order valence-electron chi connectivity index (χ2n) is 6.50. The van der Waals surface area contributed by atoms with E-state index in [4.69, 9.17) is 16.3 Å². The summed E-state index contributed by atoms with van der Waals surface area (Å²) in [7, 11) is 0. The molecule has 2 aromatic carbocycles. The molecular formula is C20H19ClF3NO3. The summed E-state index contributed by atoms with van der Waals surface area (Å²) in [6.07, 6.45) is -3.25. The largest absolute Gasteiger partial charge is 0.573 e. The fraction of sp³-hybridized carbons (Fsp3) is 0.350. The SMILES string of the molecule is O=C(c1ccccc1Cl)N1CCCC(OCc2ccc(OC(F)(F)F)cc2)C1. The summed E-state index contributed by atoms with van der Waals surface area (Å²) in [5, 5.41) is 0.414. The van der Waals surface area contributed by atoms with Gasteiger partial charge in [-0.1, -0.05) is 35.9 Å². The summed E-state index contributed by atoms with van der Waals surface area (Å²) in [6, 6.07) is 12.5. The van der Waals surface area contributed by atoms with Crippen LogP contribution in [0.4, 0.5) is 13.2 Å². The first-order valence-electron chi connectivity index (χ1n) is 8.82. The molecule has 0 aliphatic carbocycles. The lowest BCUT2D eigenvalue weighted by Gasteiger charge is -2.33. The summed E-state index contributed by atoms with van der Waals surface area (Å²) in [6.45, 7) is 1.32. The molecule has 3 rings (SSSR count). The summed E-state index contributed by atoms with van der Waals surface area (Å²) < 4.78 is 46.3. The zero-order valence-corrected chi connectivity index (χ0v) is 15.7. The molecule has 0 spiro atoms. The minimum atomic E-state index is -4.71. The van der Waals surface area contributed by atoms with Crippen LogP contribution in [0.25, 0.3) is 0 Å². The second kappa shape index (κ2) is 8.84. The Bertz CT molecular complexity index is 811. The number of alkyl halides is 3. The Balaban J connectivity index is 1.54.